The van der Waals surface area contributed by atoms with E-state index in [1.807, 2.05) is 12.1 Å². The maximum Gasteiger partial charge on any atom is 0.310 e. The summed E-state index contributed by atoms with van der Waals surface area (Å²) in [7, 11) is 0. The fourth-order valence-electron chi connectivity index (χ4n) is 12.0. The van der Waals surface area contributed by atoms with Gasteiger partial charge in [0.15, 0.2) is 0 Å². The second-order valence-electron chi connectivity index (χ2n) is 15.8. The normalized spacial score (nSPS) is 50.1. The highest BCUT2D eigenvalue weighted by Crippen LogP contribution is 2.85. The van der Waals surface area contributed by atoms with E-state index in [0.29, 0.717) is 31.8 Å². The molecular formula is C35H52O6. The third-order valence-corrected chi connectivity index (χ3v) is 14.1. The van der Waals surface area contributed by atoms with Gasteiger partial charge in [-0.3, -0.25) is 4.79 Å². The third kappa shape index (κ3) is 3.88. The van der Waals surface area contributed by atoms with E-state index in [9.17, 15) is 20.1 Å². The number of allylic oxidation sites excluding steroid dienone is 2. The molecule has 1 aromatic heterocycles. The molecule has 1 unspecified atom stereocenters. The summed E-state index contributed by atoms with van der Waals surface area (Å²) in [5.74, 6) is 0.871. The molecule has 12 atom stereocenters. The molecule has 41 heavy (non-hydrogen) atoms. The molecule has 0 radical (unpaired) electrons. The fraction of sp³-hybridized carbons (Fsp3) is 0.800. The van der Waals surface area contributed by atoms with E-state index in [1.54, 1.807) is 6.26 Å². The Bertz CT molecular complexity index is 1190. The lowest BCUT2D eigenvalue weighted by Gasteiger charge is -2.69. The first-order valence-corrected chi connectivity index (χ1v) is 16.1. The van der Waals surface area contributed by atoms with Crippen LogP contribution >= 0.6 is 0 Å². The Labute approximate surface area is 245 Å². The molecule has 5 aliphatic rings. The Balaban J connectivity index is 1.41. The first-order chi connectivity index (χ1) is 19.3. The zero-order chi connectivity index (χ0) is 29.6. The van der Waals surface area contributed by atoms with Gasteiger partial charge in [-0.1, -0.05) is 39.3 Å². The van der Waals surface area contributed by atoms with E-state index < -0.39 is 22.9 Å². The molecule has 6 heteroatoms. The van der Waals surface area contributed by atoms with Gasteiger partial charge in [0.2, 0.25) is 0 Å². The topological polar surface area (TPSA) is 100 Å². The van der Waals surface area contributed by atoms with Crippen LogP contribution in [-0.2, 0) is 16.1 Å². The van der Waals surface area contributed by atoms with Crippen LogP contribution in [-0.4, -0.2) is 39.6 Å². The molecule has 228 valence electrons. The van der Waals surface area contributed by atoms with Crippen molar-refractivity contribution in [2.45, 2.75) is 124 Å². The Morgan fingerprint density at radius 1 is 1.12 bits per heavy atom. The Hall–Kier alpha value is -1.63. The smallest absolute Gasteiger partial charge is 0.310 e. The quantitative estimate of drug-likeness (QED) is 0.307. The van der Waals surface area contributed by atoms with E-state index in [2.05, 4.69) is 47.6 Å². The van der Waals surface area contributed by atoms with Crippen LogP contribution in [0.4, 0.5) is 0 Å². The highest BCUT2D eigenvalue weighted by atomic mass is 16.5. The van der Waals surface area contributed by atoms with Crippen molar-refractivity contribution in [2.24, 2.45) is 50.7 Å². The Morgan fingerprint density at radius 3 is 2.54 bits per heavy atom. The van der Waals surface area contributed by atoms with Gasteiger partial charge in [0.1, 0.15) is 12.4 Å². The van der Waals surface area contributed by atoms with Crippen molar-refractivity contribution in [3.05, 3.63) is 35.8 Å². The maximum absolute atomic E-state index is 13.2. The summed E-state index contributed by atoms with van der Waals surface area (Å²) in [6.45, 7) is 13.9. The average Bonchev–Trinajstić information content (AvgIpc) is 3.17. The first-order valence-electron chi connectivity index (χ1n) is 16.1. The molecule has 3 N–H and O–H groups in total. The van der Waals surface area contributed by atoms with Gasteiger partial charge in [-0.05, 0) is 124 Å². The zero-order valence-electron chi connectivity index (χ0n) is 26.0. The van der Waals surface area contributed by atoms with Crippen LogP contribution in [0.1, 0.15) is 105 Å². The highest BCUT2D eigenvalue weighted by Gasteiger charge is 2.86. The standard InChI is InChI=1S/C35H52O6/c1-21(2)9-7-13-34(30(38)39)20-35(34)27-17-26(37)29-31(4)14-12-25(36)22(3)24(31)11-15-32(29,5)33(27,6)18-28(35)41-19-23-10-8-16-40-23/h8-10,16,22,24-29,36-37H,7,11-15,17-20H2,1-6H3,(H,38,39)/t22-,24-,25+,26+,27+,28-,29?,31-,32-,33-,34+,35+/m0/s1. The van der Waals surface area contributed by atoms with Gasteiger partial charge in [-0.2, -0.15) is 0 Å². The lowest BCUT2D eigenvalue weighted by molar-refractivity contribution is -0.241. The van der Waals surface area contributed by atoms with Crippen LogP contribution in [0.25, 0.3) is 0 Å². The largest absolute Gasteiger partial charge is 0.481 e. The molecule has 1 spiro atoms. The van der Waals surface area contributed by atoms with Crippen LogP contribution in [0.5, 0.6) is 0 Å². The first kappa shape index (κ1) is 29.4. The number of hydrogen-bond acceptors (Lipinski definition) is 5. The molecule has 5 saturated carbocycles. The summed E-state index contributed by atoms with van der Waals surface area (Å²) in [6, 6.07) is 3.79. The molecule has 1 aromatic rings. The molecule has 5 aliphatic carbocycles. The number of furan rings is 1. The van der Waals surface area contributed by atoms with Crippen LogP contribution < -0.4 is 0 Å². The second kappa shape index (κ2) is 9.69. The maximum atomic E-state index is 13.2. The van der Waals surface area contributed by atoms with Crippen LogP contribution in [0.15, 0.2) is 34.5 Å². The number of carbonyl (C=O) groups is 1. The number of carboxylic acids is 1. The van der Waals surface area contributed by atoms with Gasteiger partial charge < -0.3 is 24.5 Å². The summed E-state index contributed by atoms with van der Waals surface area (Å²) in [6.07, 6.45) is 10.1. The second-order valence-corrected chi connectivity index (χ2v) is 15.8. The zero-order valence-corrected chi connectivity index (χ0v) is 26.0. The molecule has 0 bridgehead atoms. The number of carboxylic acid groups (broad SMARTS) is 1. The summed E-state index contributed by atoms with van der Waals surface area (Å²) < 4.78 is 12.4. The van der Waals surface area contributed by atoms with Gasteiger partial charge >= 0.3 is 5.97 Å². The monoisotopic (exact) mass is 568 g/mol. The molecule has 6 rings (SSSR count). The minimum absolute atomic E-state index is 0.0454. The number of fused-ring (bicyclic) bond motifs is 6. The number of rotatable bonds is 7. The molecule has 0 amide bonds. The number of hydrogen-bond donors (Lipinski definition) is 3. The number of aliphatic carboxylic acids is 1. The van der Waals surface area contributed by atoms with E-state index >= 15 is 0 Å². The highest BCUT2D eigenvalue weighted by molar-refractivity contribution is 5.81. The lowest BCUT2D eigenvalue weighted by atomic mass is 9.36. The summed E-state index contributed by atoms with van der Waals surface area (Å²) >= 11 is 0. The summed E-state index contributed by atoms with van der Waals surface area (Å²) in [5, 5.41) is 33.8. The lowest BCUT2D eigenvalue weighted by Crippen LogP contribution is -2.66. The minimum Gasteiger partial charge on any atom is -0.481 e. The third-order valence-electron chi connectivity index (χ3n) is 14.1. The van der Waals surface area contributed by atoms with Crippen molar-refractivity contribution >= 4 is 5.97 Å². The van der Waals surface area contributed by atoms with E-state index in [0.717, 1.165) is 44.3 Å². The Morgan fingerprint density at radius 2 is 1.88 bits per heavy atom. The number of aliphatic hydroxyl groups excluding tert-OH is 2. The van der Waals surface area contributed by atoms with Gasteiger partial charge in [-0.25, -0.2) is 0 Å². The van der Waals surface area contributed by atoms with E-state index in [-0.39, 0.29) is 46.2 Å². The summed E-state index contributed by atoms with van der Waals surface area (Å²) in [4.78, 5) is 13.2. The SMILES string of the molecule is CC(C)=CCC[C@]1(C(=O)O)C[C@@]12[C@@H](OCc1ccco1)C[C@@]1(C)[C@H]2C[C@@H](O)C2[C@]1(C)CC[C@H]1[C@H](C)[C@H](O)CC[C@]21C. The molecule has 6 nitrogen and oxygen atoms in total. The van der Waals surface area contributed by atoms with Gasteiger partial charge in [-0.15, -0.1) is 0 Å². The predicted molar refractivity (Wildman–Crippen MR) is 157 cm³/mol. The van der Waals surface area contributed by atoms with Crippen LogP contribution in [0.2, 0.25) is 0 Å². The van der Waals surface area contributed by atoms with Crippen molar-refractivity contribution in [1.29, 1.82) is 0 Å². The number of ether oxygens (including phenoxy) is 1. The van der Waals surface area contributed by atoms with Crippen molar-refractivity contribution in [2.75, 3.05) is 0 Å². The van der Waals surface area contributed by atoms with Gasteiger partial charge in [0.25, 0.3) is 0 Å². The van der Waals surface area contributed by atoms with Crippen molar-refractivity contribution in [3.8, 4) is 0 Å². The molecule has 5 fully saturated rings. The Kier molecular flexibility index (Phi) is 6.96. The van der Waals surface area contributed by atoms with Crippen LogP contribution in [0.3, 0.4) is 0 Å². The minimum atomic E-state index is -0.845. The van der Waals surface area contributed by atoms with Gasteiger partial charge in [0.05, 0.1) is 30.0 Å². The van der Waals surface area contributed by atoms with Crippen molar-refractivity contribution in [1.82, 2.24) is 0 Å². The molecule has 1 heterocycles. The molecule has 0 saturated heterocycles. The van der Waals surface area contributed by atoms with E-state index in [4.69, 9.17) is 9.15 Å². The predicted octanol–water partition coefficient (Wildman–Crippen LogP) is 6.99. The van der Waals surface area contributed by atoms with Crippen LogP contribution in [0, 0.1) is 50.7 Å². The van der Waals surface area contributed by atoms with Gasteiger partial charge in [0, 0.05) is 5.41 Å². The van der Waals surface area contributed by atoms with E-state index in [1.165, 1.54) is 5.57 Å². The molecule has 0 aliphatic heterocycles. The van der Waals surface area contributed by atoms with Crippen molar-refractivity contribution in [3.63, 3.8) is 0 Å². The fourth-order valence-corrected chi connectivity index (χ4v) is 12.0. The molecule has 0 aromatic carbocycles. The van der Waals surface area contributed by atoms with Crippen molar-refractivity contribution < 1.29 is 29.3 Å². The summed E-state index contributed by atoms with van der Waals surface area (Å²) in [5.41, 5.74) is -0.490. The molecular weight excluding hydrogens is 516 g/mol. The number of aliphatic hydroxyl groups is 2. The average molecular weight is 569 g/mol.